The molecular formula is C22H31N3O4S. The van der Waals surface area contributed by atoms with Gasteiger partial charge in [0.25, 0.3) is 0 Å². The van der Waals surface area contributed by atoms with Crippen LogP contribution in [-0.2, 0) is 26.0 Å². The van der Waals surface area contributed by atoms with Gasteiger partial charge in [-0.25, -0.2) is 12.7 Å². The molecule has 8 heteroatoms. The molecule has 3 aliphatic heterocycles. The molecular weight excluding hydrogens is 402 g/mol. The van der Waals surface area contributed by atoms with Crippen LogP contribution in [0.4, 0.5) is 0 Å². The summed E-state index contributed by atoms with van der Waals surface area (Å²) in [5.41, 5.74) is 1.23. The number of benzene rings is 1. The molecule has 3 fully saturated rings. The number of fused-ring (bicyclic) bond motifs is 1. The molecule has 0 bridgehead atoms. The summed E-state index contributed by atoms with van der Waals surface area (Å²) in [6, 6.07) is 7.53. The van der Waals surface area contributed by atoms with E-state index in [1.54, 1.807) is 11.9 Å². The van der Waals surface area contributed by atoms with Gasteiger partial charge in [0.2, 0.25) is 21.8 Å². The number of likely N-dealkylation sites (tertiary alicyclic amines) is 2. The van der Waals surface area contributed by atoms with Crippen LogP contribution in [0.3, 0.4) is 0 Å². The molecule has 1 aromatic carbocycles. The maximum Gasteiger partial charge on any atom is 0.232 e. The Morgan fingerprint density at radius 1 is 1.13 bits per heavy atom. The number of rotatable bonds is 3. The average Bonchev–Trinajstić information content (AvgIpc) is 3.25. The number of hydrogen-bond donors (Lipinski definition) is 0. The van der Waals surface area contributed by atoms with E-state index in [-0.39, 0.29) is 30.0 Å². The second kappa shape index (κ2) is 7.96. The van der Waals surface area contributed by atoms with Gasteiger partial charge in [-0.1, -0.05) is 29.8 Å². The van der Waals surface area contributed by atoms with Gasteiger partial charge in [0.05, 0.1) is 17.6 Å². The molecule has 0 spiro atoms. The topological polar surface area (TPSA) is 78.0 Å². The molecule has 3 heterocycles. The maximum absolute atomic E-state index is 13.7. The Labute approximate surface area is 179 Å². The number of amides is 2. The predicted octanol–water partition coefficient (Wildman–Crippen LogP) is 1.41. The van der Waals surface area contributed by atoms with E-state index >= 15 is 0 Å². The van der Waals surface area contributed by atoms with Gasteiger partial charge in [-0.05, 0) is 38.2 Å². The van der Waals surface area contributed by atoms with Gasteiger partial charge in [0.1, 0.15) is 0 Å². The lowest BCUT2D eigenvalue weighted by molar-refractivity contribution is -0.153. The van der Waals surface area contributed by atoms with Crippen LogP contribution >= 0.6 is 0 Å². The first kappa shape index (κ1) is 21.3. The van der Waals surface area contributed by atoms with Crippen molar-refractivity contribution in [2.24, 2.45) is 5.41 Å². The minimum absolute atomic E-state index is 0.00345. The molecule has 0 unspecified atom stereocenters. The number of piperidine rings is 1. The average molecular weight is 434 g/mol. The van der Waals surface area contributed by atoms with Gasteiger partial charge < -0.3 is 9.80 Å². The first-order valence-electron chi connectivity index (χ1n) is 10.8. The fraction of sp³-hybridized carbons (Fsp3) is 0.636. The van der Waals surface area contributed by atoms with E-state index in [9.17, 15) is 18.0 Å². The number of nitrogens with zero attached hydrogens (tertiary/aromatic N) is 3. The van der Waals surface area contributed by atoms with Crippen LogP contribution in [-0.4, -0.2) is 79.4 Å². The van der Waals surface area contributed by atoms with E-state index in [1.165, 1.54) is 4.31 Å². The monoisotopic (exact) mass is 433 g/mol. The van der Waals surface area contributed by atoms with Crippen molar-refractivity contribution in [3.8, 4) is 0 Å². The quantitative estimate of drug-likeness (QED) is 0.722. The zero-order valence-corrected chi connectivity index (χ0v) is 18.7. The summed E-state index contributed by atoms with van der Waals surface area (Å²) in [5, 5.41) is 0. The minimum Gasteiger partial charge on any atom is -0.342 e. The molecule has 0 radical (unpaired) electrons. The molecule has 0 saturated carbocycles. The molecule has 0 aromatic heterocycles. The van der Waals surface area contributed by atoms with Crippen molar-refractivity contribution in [3.63, 3.8) is 0 Å². The summed E-state index contributed by atoms with van der Waals surface area (Å²) in [6.07, 6.45) is 3.05. The highest BCUT2D eigenvalue weighted by Gasteiger charge is 2.57. The van der Waals surface area contributed by atoms with Gasteiger partial charge in [0.15, 0.2) is 0 Å². The van der Waals surface area contributed by atoms with Crippen LogP contribution < -0.4 is 0 Å². The van der Waals surface area contributed by atoms with Crippen LogP contribution in [0.1, 0.15) is 36.8 Å². The van der Waals surface area contributed by atoms with E-state index in [0.717, 1.165) is 37.1 Å². The Kier molecular flexibility index (Phi) is 5.66. The number of aryl methyl sites for hydroxylation is 1. The van der Waals surface area contributed by atoms with E-state index in [4.69, 9.17) is 0 Å². The van der Waals surface area contributed by atoms with Crippen molar-refractivity contribution >= 4 is 21.8 Å². The third-order valence-electron chi connectivity index (χ3n) is 7.08. The van der Waals surface area contributed by atoms with Crippen molar-refractivity contribution < 1.29 is 18.0 Å². The Morgan fingerprint density at radius 2 is 1.87 bits per heavy atom. The highest BCUT2D eigenvalue weighted by molar-refractivity contribution is 7.89. The fourth-order valence-electron chi connectivity index (χ4n) is 5.38. The van der Waals surface area contributed by atoms with Crippen LogP contribution in [0.2, 0.25) is 0 Å². The van der Waals surface area contributed by atoms with Crippen molar-refractivity contribution in [3.05, 3.63) is 35.4 Å². The summed E-state index contributed by atoms with van der Waals surface area (Å²) in [6.45, 7) is 4.23. The number of sulfonamides is 1. The fourth-order valence-corrected chi connectivity index (χ4v) is 6.98. The summed E-state index contributed by atoms with van der Waals surface area (Å²) in [5.74, 6) is -0.0111. The third-order valence-corrected chi connectivity index (χ3v) is 8.93. The lowest BCUT2D eigenvalue weighted by Crippen LogP contribution is -2.68. The normalized spacial score (nSPS) is 28.9. The zero-order chi connectivity index (χ0) is 21.5. The SMILES string of the molecule is Cc1cccc(CC(=O)N2CC[C@H]3N(C)S(=O)(=O)CC[C@]3(C(=O)N3CCCC3)C2)c1. The Morgan fingerprint density at radius 3 is 2.57 bits per heavy atom. The number of carbonyl (C=O) groups excluding carboxylic acids is 2. The molecule has 3 aliphatic rings. The molecule has 2 atom stereocenters. The molecule has 164 valence electrons. The van der Waals surface area contributed by atoms with Gasteiger partial charge in [-0.2, -0.15) is 0 Å². The molecule has 30 heavy (non-hydrogen) atoms. The lowest BCUT2D eigenvalue weighted by atomic mass is 9.71. The highest BCUT2D eigenvalue weighted by Crippen LogP contribution is 2.44. The van der Waals surface area contributed by atoms with E-state index in [0.29, 0.717) is 25.9 Å². The second-order valence-corrected chi connectivity index (χ2v) is 11.2. The number of carbonyl (C=O) groups is 2. The van der Waals surface area contributed by atoms with Gasteiger partial charge in [-0.3, -0.25) is 9.59 Å². The van der Waals surface area contributed by atoms with Crippen LogP contribution in [0, 0.1) is 12.3 Å². The standard InChI is InChI=1S/C22H31N3O4S/c1-17-6-5-7-18(14-17)15-20(26)25-12-8-19-22(16-25,9-13-30(28,29)23(19)2)21(27)24-10-3-4-11-24/h5-7,14,19H,3-4,8-13,15-16H2,1-2H3/t19-,22+/m1/s1. The van der Waals surface area contributed by atoms with E-state index in [2.05, 4.69) is 0 Å². The highest BCUT2D eigenvalue weighted by atomic mass is 32.2. The van der Waals surface area contributed by atoms with Gasteiger partial charge in [0, 0.05) is 39.3 Å². The molecule has 1 aromatic rings. The molecule has 2 amide bonds. The summed E-state index contributed by atoms with van der Waals surface area (Å²) in [4.78, 5) is 30.4. The van der Waals surface area contributed by atoms with Crippen molar-refractivity contribution in [1.82, 2.24) is 14.1 Å². The summed E-state index contributed by atoms with van der Waals surface area (Å²) < 4.78 is 26.5. The first-order chi connectivity index (χ1) is 14.2. The Bertz CT molecular complexity index is 941. The van der Waals surface area contributed by atoms with Crippen LogP contribution in [0.5, 0.6) is 0 Å². The first-order valence-corrected chi connectivity index (χ1v) is 12.4. The van der Waals surface area contributed by atoms with Crippen LogP contribution in [0.15, 0.2) is 24.3 Å². The van der Waals surface area contributed by atoms with Gasteiger partial charge >= 0.3 is 0 Å². The Hall–Kier alpha value is -1.93. The predicted molar refractivity (Wildman–Crippen MR) is 114 cm³/mol. The number of hydrogen-bond acceptors (Lipinski definition) is 4. The molecule has 4 rings (SSSR count). The largest absolute Gasteiger partial charge is 0.342 e. The van der Waals surface area contributed by atoms with E-state index < -0.39 is 15.4 Å². The lowest BCUT2D eigenvalue weighted by Gasteiger charge is -2.53. The van der Waals surface area contributed by atoms with E-state index in [1.807, 2.05) is 36.1 Å². The molecule has 0 aliphatic carbocycles. The molecule has 7 nitrogen and oxygen atoms in total. The maximum atomic E-state index is 13.7. The molecule has 3 saturated heterocycles. The smallest absolute Gasteiger partial charge is 0.232 e. The van der Waals surface area contributed by atoms with Crippen molar-refractivity contribution in [1.29, 1.82) is 0 Å². The molecule has 0 N–H and O–H groups in total. The Balaban J connectivity index is 1.60. The zero-order valence-electron chi connectivity index (χ0n) is 17.8. The summed E-state index contributed by atoms with van der Waals surface area (Å²) in [7, 11) is -1.77. The second-order valence-electron chi connectivity index (χ2n) is 9.02. The van der Waals surface area contributed by atoms with Crippen molar-refractivity contribution in [2.75, 3.05) is 39.0 Å². The van der Waals surface area contributed by atoms with Gasteiger partial charge in [-0.15, -0.1) is 0 Å². The minimum atomic E-state index is -3.36. The summed E-state index contributed by atoms with van der Waals surface area (Å²) >= 11 is 0. The third kappa shape index (κ3) is 3.75. The van der Waals surface area contributed by atoms with Crippen LogP contribution in [0.25, 0.3) is 0 Å². The van der Waals surface area contributed by atoms with Crippen molar-refractivity contribution in [2.45, 2.75) is 45.1 Å².